The molecule has 0 spiro atoms. The number of nitrogens with zero attached hydrogens (tertiary/aromatic N) is 2. The molecule has 4 nitrogen and oxygen atoms in total. The summed E-state index contributed by atoms with van der Waals surface area (Å²) in [6.07, 6.45) is 2.33. The third kappa shape index (κ3) is 1.69. The molecule has 4 heteroatoms. The van der Waals surface area contributed by atoms with Gasteiger partial charge in [0.15, 0.2) is 5.69 Å². The Morgan fingerprint density at radius 1 is 1.36 bits per heavy atom. The topological polar surface area (TPSA) is 53.4 Å². The highest BCUT2D eigenvalue weighted by Gasteiger charge is 2.14. The maximum atomic E-state index is 10.7. The Morgan fingerprint density at radius 2 is 2.07 bits per heavy atom. The third-order valence-corrected chi connectivity index (χ3v) is 2.38. The Morgan fingerprint density at radius 3 is 2.71 bits per heavy atom. The summed E-state index contributed by atoms with van der Waals surface area (Å²) >= 11 is 0. The number of hydrogen-bond donors (Lipinski definition) is 1. The van der Waals surface area contributed by atoms with E-state index in [-0.39, 0.29) is 5.69 Å². The molecule has 1 saturated heterocycles. The summed E-state index contributed by atoms with van der Waals surface area (Å²) in [4.78, 5) is 16.9. The lowest BCUT2D eigenvalue weighted by Gasteiger charge is -2.15. The molecule has 1 fully saturated rings. The third-order valence-electron chi connectivity index (χ3n) is 2.38. The smallest absolute Gasteiger partial charge is 0.354 e. The minimum Gasteiger partial charge on any atom is -0.477 e. The largest absolute Gasteiger partial charge is 0.477 e. The molecule has 0 atom stereocenters. The first-order valence-corrected chi connectivity index (χ1v) is 4.73. The highest BCUT2D eigenvalue weighted by Crippen LogP contribution is 2.17. The highest BCUT2D eigenvalue weighted by molar-refractivity contribution is 5.85. The minimum absolute atomic E-state index is 0.120. The van der Waals surface area contributed by atoms with Crippen molar-refractivity contribution in [3.8, 4) is 0 Å². The van der Waals surface area contributed by atoms with E-state index in [4.69, 9.17) is 5.11 Å². The maximum Gasteiger partial charge on any atom is 0.354 e. The molecule has 14 heavy (non-hydrogen) atoms. The summed E-state index contributed by atoms with van der Waals surface area (Å²) in [7, 11) is 0. The van der Waals surface area contributed by atoms with Crippen LogP contribution in [0.25, 0.3) is 0 Å². The predicted molar refractivity (Wildman–Crippen MR) is 52.6 cm³/mol. The van der Waals surface area contributed by atoms with Crippen LogP contribution in [-0.4, -0.2) is 29.1 Å². The zero-order chi connectivity index (χ0) is 9.97. The molecular weight excluding hydrogens is 180 g/mol. The van der Waals surface area contributed by atoms with E-state index in [1.165, 1.54) is 18.9 Å². The number of aromatic nitrogens is 1. The first-order chi connectivity index (χ1) is 6.77. The molecule has 2 rings (SSSR count). The lowest BCUT2D eigenvalue weighted by Crippen LogP contribution is -2.19. The molecule has 0 radical (unpaired) electrons. The summed E-state index contributed by atoms with van der Waals surface area (Å²) in [6.45, 7) is 1.96. The Balaban J connectivity index is 2.25. The van der Waals surface area contributed by atoms with Crippen molar-refractivity contribution in [2.75, 3.05) is 18.0 Å². The first kappa shape index (κ1) is 8.99. The molecule has 1 N–H and O–H groups in total. The van der Waals surface area contributed by atoms with Crippen molar-refractivity contribution in [3.05, 3.63) is 23.9 Å². The SMILES string of the molecule is O=C(O)c1cccc(N2CCCC2)n1. The van der Waals surface area contributed by atoms with E-state index in [1.807, 2.05) is 6.07 Å². The van der Waals surface area contributed by atoms with Crippen molar-refractivity contribution in [2.24, 2.45) is 0 Å². The lowest BCUT2D eigenvalue weighted by molar-refractivity contribution is 0.0690. The number of rotatable bonds is 2. The van der Waals surface area contributed by atoms with Crippen LogP contribution < -0.4 is 4.90 Å². The number of hydrogen-bond acceptors (Lipinski definition) is 3. The Bertz CT molecular complexity index is 346. The van der Waals surface area contributed by atoms with E-state index >= 15 is 0 Å². The molecule has 0 saturated carbocycles. The van der Waals surface area contributed by atoms with E-state index < -0.39 is 5.97 Å². The number of pyridine rings is 1. The fourth-order valence-corrected chi connectivity index (χ4v) is 1.66. The van der Waals surface area contributed by atoms with Crippen molar-refractivity contribution in [3.63, 3.8) is 0 Å². The van der Waals surface area contributed by atoms with Crippen LogP contribution in [-0.2, 0) is 0 Å². The average Bonchev–Trinajstić information content (AvgIpc) is 2.71. The van der Waals surface area contributed by atoms with Gasteiger partial charge in [0.25, 0.3) is 0 Å². The van der Waals surface area contributed by atoms with Crippen LogP contribution >= 0.6 is 0 Å². The quantitative estimate of drug-likeness (QED) is 0.769. The average molecular weight is 192 g/mol. The van der Waals surface area contributed by atoms with Crippen LogP contribution in [0.3, 0.4) is 0 Å². The molecule has 1 aromatic heterocycles. The normalized spacial score (nSPS) is 15.9. The van der Waals surface area contributed by atoms with Gasteiger partial charge in [-0.15, -0.1) is 0 Å². The zero-order valence-corrected chi connectivity index (χ0v) is 7.81. The first-order valence-electron chi connectivity index (χ1n) is 4.73. The summed E-state index contributed by atoms with van der Waals surface area (Å²) in [5, 5.41) is 8.77. The van der Waals surface area contributed by atoms with Crippen molar-refractivity contribution < 1.29 is 9.90 Å². The van der Waals surface area contributed by atoms with Crippen LogP contribution in [0.4, 0.5) is 5.82 Å². The van der Waals surface area contributed by atoms with Gasteiger partial charge in [0.2, 0.25) is 0 Å². The molecule has 1 aromatic rings. The lowest BCUT2D eigenvalue weighted by atomic mass is 10.3. The van der Waals surface area contributed by atoms with Crippen LogP contribution in [0.2, 0.25) is 0 Å². The number of anilines is 1. The van der Waals surface area contributed by atoms with E-state index in [2.05, 4.69) is 9.88 Å². The van der Waals surface area contributed by atoms with Crippen LogP contribution in [0.5, 0.6) is 0 Å². The summed E-state index contributed by atoms with van der Waals surface area (Å²) in [5.74, 6) is -0.187. The van der Waals surface area contributed by atoms with Crippen molar-refractivity contribution >= 4 is 11.8 Å². The molecule has 0 bridgehead atoms. The maximum absolute atomic E-state index is 10.7. The Hall–Kier alpha value is -1.58. The second-order valence-electron chi connectivity index (χ2n) is 3.38. The van der Waals surface area contributed by atoms with Gasteiger partial charge < -0.3 is 10.0 Å². The van der Waals surface area contributed by atoms with Gasteiger partial charge in [-0.3, -0.25) is 0 Å². The molecule has 1 aliphatic rings. The van der Waals surface area contributed by atoms with Gasteiger partial charge >= 0.3 is 5.97 Å². The molecule has 0 unspecified atom stereocenters. The fourth-order valence-electron chi connectivity index (χ4n) is 1.66. The van der Waals surface area contributed by atoms with Gasteiger partial charge in [0.1, 0.15) is 5.82 Å². The zero-order valence-electron chi connectivity index (χ0n) is 7.81. The van der Waals surface area contributed by atoms with E-state index in [9.17, 15) is 4.79 Å². The molecule has 1 aliphatic heterocycles. The predicted octanol–water partition coefficient (Wildman–Crippen LogP) is 1.38. The molecule has 0 aliphatic carbocycles. The van der Waals surface area contributed by atoms with Crippen molar-refractivity contribution in [1.82, 2.24) is 4.98 Å². The molecule has 0 aromatic carbocycles. The fraction of sp³-hybridized carbons (Fsp3) is 0.400. The van der Waals surface area contributed by atoms with E-state index in [0.29, 0.717) is 0 Å². The molecular formula is C10H12N2O2. The second-order valence-corrected chi connectivity index (χ2v) is 3.38. The summed E-state index contributed by atoms with van der Waals surface area (Å²) in [6, 6.07) is 5.11. The summed E-state index contributed by atoms with van der Waals surface area (Å²) < 4.78 is 0. The number of carbonyl (C=O) groups is 1. The minimum atomic E-state index is -0.967. The van der Waals surface area contributed by atoms with Crippen LogP contribution in [0, 0.1) is 0 Å². The van der Waals surface area contributed by atoms with Gasteiger partial charge in [-0.1, -0.05) is 6.07 Å². The monoisotopic (exact) mass is 192 g/mol. The standard InChI is InChI=1S/C10H12N2O2/c13-10(14)8-4-3-5-9(11-8)12-6-1-2-7-12/h3-5H,1-2,6-7H2,(H,13,14). The van der Waals surface area contributed by atoms with Gasteiger partial charge in [-0.25, -0.2) is 9.78 Å². The van der Waals surface area contributed by atoms with Crippen molar-refractivity contribution in [2.45, 2.75) is 12.8 Å². The molecule has 0 amide bonds. The Kier molecular flexibility index (Phi) is 2.35. The van der Waals surface area contributed by atoms with E-state index in [0.717, 1.165) is 18.9 Å². The number of aromatic carboxylic acids is 1. The van der Waals surface area contributed by atoms with Crippen LogP contribution in [0.15, 0.2) is 18.2 Å². The highest BCUT2D eigenvalue weighted by atomic mass is 16.4. The van der Waals surface area contributed by atoms with Crippen molar-refractivity contribution in [1.29, 1.82) is 0 Å². The van der Waals surface area contributed by atoms with E-state index in [1.54, 1.807) is 6.07 Å². The summed E-state index contributed by atoms with van der Waals surface area (Å²) in [5.41, 5.74) is 0.120. The van der Waals surface area contributed by atoms with Gasteiger partial charge in [0.05, 0.1) is 0 Å². The molecule has 74 valence electrons. The Labute approximate surface area is 82.2 Å². The second kappa shape index (κ2) is 3.65. The van der Waals surface area contributed by atoms with Gasteiger partial charge in [-0.2, -0.15) is 0 Å². The van der Waals surface area contributed by atoms with Crippen LogP contribution in [0.1, 0.15) is 23.3 Å². The number of carboxylic acid groups (broad SMARTS) is 1. The van der Waals surface area contributed by atoms with Gasteiger partial charge in [-0.05, 0) is 25.0 Å². The van der Waals surface area contributed by atoms with Gasteiger partial charge in [0, 0.05) is 13.1 Å². The molecule has 2 heterocycles. The number of carboxylic acids is 1.